The van der Waals surface area contributed by atoms with Gasteiger partial charge in [-0.25, -0.2) is 13.1 Å². The molecule has 0 saturated heterocycles. The lowest BCUT2D eigenvalue weighted by Gasteiger charge is -2.29. The lowest BCUT2D eigenvalue weighted by Crippen LogP contribution is -2.53. The molecule has 0 aliphatic rings. The van der Waals surface area contributed by atoms with Crippen molar-refractivity contribution < 1.29 is 18.6 Å². The summed E-state index contributed by atoms with van der Waals surface area (Å²) in [6.45, 7) is 0.638. The van der Waals surface area contributed by atoms with Crippen LogP contribution in [0.1, 0.15) is 13.3 Å². The predicted octanol–water partition coefficient (Wildman–Crippen LogP) is 1.51. The van der Waals surface area contributed by atoms with Crippen LogP contribution in [-0.2, 0) is 10.0 Å². The molecule has 1 aromatic carbocycles. The van der Waals surface area contributed by atoms with Crippen molar-refractivity contribution in [2.45, 2.75) is 23.8 Å². The Balaban J connectivity index is 3.26. The molecular weight excluding hydrogens is 358 g/mol. The van der Waals surface area contributed by atoms with Crippen LogP contribution in [-0.4, -0.2) is 37.4 Å². The first kappa shape index (κ1) is 16.9. The van der Waals surface area contributed by atoms with E-state index < -0.39 is 28.8 Å². The van der Waals surface area contributed by atoms with Crippen molar-refractivity contribution in [2.24, 2.45) is 0 Å². The predicted molar refractivity (Wildman–Crippen MR) is 76.7 cm³/mol. The molecule has 0 heterocycles. The van der Waals surface area contributed by atoms with Crippen molar-refractivity contribution in [3.8, 4) is 0 Å². The minimum absolute atomic E-state index is 0.0581. The molecule has 0 atom stereocenters. The van der Waals surface area contributed by atoms with Gasteiger partial charge in [0.15, 0.2) is 0 Å². The summed E-state index contributed by atoms with van der Waals surface area (Å²) in [7, 11) is -3.96. The maximum Gasteiger partial charge on any atom is 0.243 e. The Morgan fingerprint density at radius 3 is 2.37 bits per heavy atom. The zero-order valence-corrected chi connectivity index (χ0v) is 13.4. The van der Waals surface area contributed by atoms with Gasteiger partial charge in [-0.3, -0.25) is 0 Å². The Bertz CT molecular complexity index is 517. The van der Waals surface area contributed by atoms with Crippen molar-refractivity contribution in [1.29, 1.82) is 0 Å². The Kier molecular flexibility index (Phi) is 5.78. The molecule has 108 valence electrons. The van der Waals surface area contributed by atoms with E-state index in [4.69, 9.17) is 11.6 Å². The van der Waals surface area contributed by atoms with Crippen molar-refractivity contribution in [3.05, 3.63) is 27.7 Å². The van der Waals surface area contributed by atoms with Gasteiger partial charge in [0.2, 0.25) is 10.0 Å². The molecule has 0 aliphatic heterocycles. The van der Waals surface area contributed by atoms with E-state index in [-0.39, 0.29) is 16.3 Å². The molecule has 1 rings (SSSR count). The molecule has 19 heavy (non-hydrogen) atoms. The third-order valence-corrected chi connectivity index (χ3v) is 5.85. The van der Waals surface area contributed by atoms with Crippen molar-refractivity contribution in [1.82, 2.24) is 4.72 Å². The fraction of sp³-hybridized carbons (Fsp3) is 0.455. The highest BCUT2D eigenvalue weighted by Gasteiger charge is 2.34. The van der Waals surface area contributed by atoms with Gasteiger partial charge in [-0.2, -0.15) is 0 Å². The van der Waals surface area contributed by atoms with Crippen LogP contribution in [0.2, 0.25) is 5.02 Å². The second-order valence-corrected chi connectivity index (χ2v) is 6.99. The van der Waals surface area contributed by atoms with Crippen LogP contribution in [0.25, 0.3) is 0 Å². The fourth-order valence-corrected chi connectivity index (χ4v) is 4.68. The highest BCUT2D eigenvalue weighted by Crippen LogP contribution is 2.30. The van der Waals surface area contributed by atoms with E-state index in [1.54, 1.807) is 19.1 Å². The van der Waals surface area contributed by atoms with Crippen molar-refractivity contribution in [3.63, 3.8) is 0 Å². The number of benzene rings is 1. The maximum atomic E-state index is 12.3. The van der Waals surface area contributed by atoms with E-state index in [2.05, 4.69) is 20.7 Å². The standard InChI is InChI=1S/C11H15BrClNO4S/c1-2-11(6-15,7-16)14-19(17,18)10-8(12)4-3-5-9(10)13/h3-5,14-16H,2,6-7H2,1H3. The monoisotopic (exact) mass is 371 g/mol. The normalized spacial score (nSPS) is 12.7. The summed E-state index contributed by atoms with van der Waals surface area (Å²) in [6, 6.07) is 4.61. The van der Waals surface area contributed by atoms with Crippen molar-refractivity contribution >= 4 is 37.6 Å². The fourth-order valence-electron chi connectivity index (χ4n) is 1.49. The average molecular weight is 373 g/mol. The molecule has 1 aromatic rings. The minimum atomic E-state index is -3.96. The molecule has 3 N–H and O–H groups in total. The maximum absolute atomic E-state index is 12.3. The van der Waals surface area contributed by atoms with Crippen LogP contribution in [0.5, 0.6) is 0 Å². The van der Waals surface area contributed by atoms with E-state index >= 15 is 0 Å². The molecule has 5 nitrogen and oxygen atoms in total. The molecule has 0 radical (unpaired) electrons. The molecule has 0 saturated carbocycles. The summed E-state index contributed by atoms with van der Waals surface area (Å²) in [4.78, 5) is -0.114. The molecule has 0 fully saturated rings. The topological polar surface area (TPSA) is 86.6 Å². The molecular formula is C11H15BrClNO4S. The van der Waals surface area contributed by atoms with Gasteiger partial charge in [0.25, 0.3) is 0 Å². The highest BCUT2D eigenvalue weighted by atomic mass is 79.9. The Morgan fingerprint density at radius 1 is 1.37 bits per heavy atom. The quantitative estimate of drug-likeness (QED) is 0.706. The first-order valence-corrected chi connectivity index (χ1v) is 8.17. The van der Waals surface area contributed by atoms with E-state index in [1.807, 2.05) is 0 Å². The van der Waals surface area contributed by atoms with Gasteiger partial charge < -0.3 is 10.2 Å². The number of rotatable bonds is 6. The van der Waals surface area contributed by atoms with Gasteiger partial charge in [-0.05, 0) is 34.5 Å². The van der Waals surface area contributed by atoms with Gasteiger partial charge in [-0.15, -0.1) is 0 Å². The number of hydrogen-bond donors (Lipinski definition) is 3. The average Bonchev–Trinajstić information content (AvgIpc) is 2.35. The highest BCUT2D eigenvalue weighted by molar-refractivity contribution is 9.10. The molecule has 0 aliphatic carbocycles. The summed E-state index contributed by atoms with van der Waals surface area (Å²) in [5, 5.41) is 18.6. The van der Waals surface area contributed by atoms with Crippen LogP contribution >= 0.6 is 27.5 Å². The van der Waals surface area contributed by atoms with E-state index in [1.165, 1.54) is 6.07 Å². The van der Waals surface area contributed by atoms with Crippen molar-refractivity contribution in [2.75, 3.05) is 13.2 Å². The number of nitrogens with one attached hydrogen (secondary N) is 1. The third-order valence-electron chi connectivity index (χ3n) is 2.82. The summed E-state index contributed by atoms with van der Waals surface area (Å²) >= 11 is 9.03. The van der Waals surface area contributed by atoms with Gasteiger partial charge in [0.1, 0.15) is 4.90 Å². The first-order chi connectivity index (χ1) is 8.82. The number of hydrogen-bond acceptors (Lipinski definition) is 4. The largest absolute Gasteiger partial charge is 0.394 e. The van der Waals surface area contributed by atoms with E-state index in [0.29, 0.717) is 4.47 Å². The lowest BCUT2D eigenvalue weighted by molar-refractivity contribution is 0.105. The smallest absolute Gasteiger partial charge is 0.243 e. The Morgan fingerprint density at radius 2 is 1.95 bits per heavy atom. The molecule has 0 amide bonds. The summed E-state index contributed by atoms with van der Waals surface area (Å²) in [5.74, 6) is 0. The van der Waals surface area contributed by atoms with Crippen LogP contribution in [0.3, 0.4) is 0 Å². The number of halogens is 2. The number of aliphatic hydroxyl groups is 2. The Labute approximate surface area is 125 Å². The SMILES string of the molecule is CCC(CO)(CO)NS(=O)(=O)c1c(Cl)cccc1Br. The summed E-state index contributed by atoms with van der Waals surface area (Å²) < 4.78 is 27.3. The molecule has 8 heteroatoms. The second kappa shape index (κ2) is 6.51. The van der Waals surface area contributed by atoms with Crippen LogP contribution < -0.4 is 4.72 Å². The van der Waals surface area contributed by atoms with Gasteiger partial charge in [0.05, 0.1) is 23.8 Å². The number of aliphatic hydroxyl groups excluding tert-OH is 2. The zero-order valence-electron chi connectivity index (χ0n) is 10.2. The van der Waals surface area contributed by atoms with Crippen LogP contribution in [0.15, 0.2) is 27.6 Å². The molecule has 0 aromatic heterocycles. The first-order valence-electron chi connectivity index (χ1n) is 5.51. The summed E-state index contributed by atoms with van der Waals surface area (Å²) in [6.07, 6.45) is 0.237. The summed E-state index contributed by atoms with van der Waals surface area (Å²) in [5.41, 5.74) is -1.31. The van der Waals surface area contributed by atoms with E-state index in [9.17, 15) is 18.6 Å². The molecule has 0 unspecified atom stereocenters. The van der Waals surface area contributed by atoms with Gasteiger partial charge in [-0.1, -0.05) is 24.6 Å². The van der Waals surface area contributed by atoms with Crippen LogP contribution in [0, 0.1) is 0 Å². The lowest BCUT2D eigenvalue weighted by atomic mass is 10.0. The zero-order chi connectivity index (χ0) is 14.7. The number of sulfonamides is 1. The Hall–Kier alpha value is -0.180. The molecule has 0 spiro atoms. The second-order valence-electron chi connectivity index (χ2n) is 4.11. The van der Waals surface area contributed by atoms with E-state index in [0.717, 1.165) is 0 Å². The third kappa shape index (κ3) is 3.68. The van der Waals surface area contributed by atoms with Crippen LogP contribution in [0.4, 0.5) is 0 Å². The van der Waals surface area contributed by atoms with Gasteiger partial charge >= 0.3 is 0 Å². The van der Waals surface area contributed by atoms with Gasteiger partial charge in [0, 0.05) is 4.47 Å². The minimum Gasteiger partial charge on any atom is -0.394 e. The molecule has 0 bridgehead atoms.